The van der Waals surface area contributed by atoms with Crippen molar-refractivity contribution >= 4 is 5.97 Å². The van der Waals surface area contributed by atoms with Crippen LogP contribution in [0.1, 0.15) is 18.9 Å². The van der Waals surface area contributed by atoms with Crippen LogP contribution in [-0.2, 0) is 15.1 Å². The summed E-state index contributed by atoms with van der Waals surface area (Å²) in [4.78, 5) is 11.5. The number of ether oxygens (including phenoxy) is 1. The van der Waals surface area contributed by atoms with Crippen molar-refractivity contribution in [3.8, 4) is 0 Å². The molecule has 1 aromatic carbocycles. The first-order valence-electron chi connectivity index (χ1n) is 6.06. The van der Waals surface area contributed by atoms with Gasteiger partial charge in [-0.15, -0.1) is 0 Å². The van der Waals surface area contributed by atoms with Gasteiger partial charge >= 0.3 is 5.97 Å². The third-order valence-corrected chi connectivity index (χ3v) is 3.06. The quantitative estimate of drug-likeness (QED) is 0.829. The Labute approximate surface area is 107 Å². The average molecular weight is 243 g/mol. The summed E-state index contributed by atoms with van der Waals surface area (Å²) in [6.07, 6.45) is 7.30. The second-order valence-electron chi connectivity index (χ2n) is 4.31. The Morgan fingerprint density at radius 2 is 2.06 bits per heavy atom. The second-order valence-corrected chi connectivity index (χ2v) is 4.31. The zero-order chi connectivity index (χ0) is 13.0. The molecule has 1 aliphatic carbocycles. The summed E-state index contributed by atoms with van der Waals surface area (Å²) in [5.74, 6) is -0.245. The molecule has 0 aliphatic heterocycles. The van der Waals surface area contributed by atoms with E-state index in [0.717, 1.165) is 5.56 Å². The van der Waals surface area contributed by atoms with Crippen LogP contribution in [-0.4, -0.2) is 12.1 Å². The molecule has 0 amide bonds. The molecule has 2 rings (SSSR count). The maximum atomic E-state index is 11.5. The molecule has 2 unspecified atom stereocenters. The van der Waals surface area contributed by atoms with Crippen LogP contribution in [0.3, 0.4) is 0 Å². The van der Waals surface area contributed by atoms with E-state index < -0.39 is 11.6 Å². The van der Waals surface area contributed by atoms with E-state index in [-0.39, 0.29) is 5.97 Å². The molecule has 94 valence electrons. The van der Waals surface area contributed by atoms with E-state index in [4.69, 9.17) is 10.5 Å². The lowest BCUT2D eigenvalue weighted by atomic mass is 9.82. The van der Waals surface area contributed by atoms with E-state index >= 15 is 0 Å². The lowest BCUT2D eigenvalue weighted by Gasteiger charge is -2.34. The maximum absolute atomic E-state index is 11.5. The first kappa shape index (κ1) is 12.6. The Balaban J connectivity index is 2.31. The van der Waals surface area contributed by atoms with Crippen molar-refractivity contribution in [3.05, 3.63) is 60.2 Å². The monoisotopic (exact) mass is 243 g/mol. The van der Waals surface area contributed by atoms with Gasteiger partial charge in [-0.3, -0.25) is 4.79 Å². The van der Waals surface area contributed by atoms with Gasteiger partial charge in [-0.05, 0) is 11.6 Å². The number of esters is 1. The van der Waals surface area contributed by atoms with Crippen LogP contribution in [0.25, 0.3) is 0 Å². The molecular weight excluding hydrogens is 226 g/mol. The van der Waals surface area contributed by atoms with Crippen molar-refractivity contribution in [3.63, 3.8) is 0 Å². The zero-order valence-electron chi connectivity index (χ0n) is 10.4. The molecule has 3 heteroatoms. The molecule has 0 fully saturated rings. The van der Waals surface area contributed by atoms with Crippen LogP contribution in [0.5, 0.6) is 0 Å². The SMILES string of the molecule is CCC(=O)OC1C=CC=CC1(N)c1ccccc1. The van der Waals surface area contributed by atoms with Gasteiger partial charge in [0.05, 0.1) is 0 Å². The summed E-state index contributed by atoms with van der Waals surface area (Å²) < 4.78 is 5.41. The molecule has 0 radical (unpaired) electrons. The van der Waals surface area contributed by atoms with Gasteiger partial charge < -0.3 is 10.5 Å². The Bertz CT molecular complexity index is 479. The molecule has 0 spiro atoms. The molecule has 0 saturated heterocycles. The minimum absolute atomic E-state index is 0.245. The average Bonchev–Trinajstić information content (AvgIpc) is 2.42. The molecule has 3 nitrogen and oxygen atoms in total. The van der Waals surface area contributed by atoms with Gasteiger partial charge in [0.15, 0.2) is 0 Å². The Kier molecular flexibility index (Phi) is 3.63. The number of nitrogens with two attached hydrogens (primary N) is 1. The summed E-state index contributed by atoms with van der Waals surface area (Å²) in [7, 11) is 0. The minimum Gasteiger partial charge on any atom is -0.455 e. The third-order valence-electron chi connectivity index (χ3n) is 3.06. The van der Waals surface area contributed by atoms with Gasteiger partial charge in [-0.25, -0.2) is 0 Å². The van der Waals surface area contributed by atoms with Gasteiger partial charge in [-0.2, -0.15) is 0 Å². The molecule has 0 saturated carbocycles. The van der Waals surface area contributed by atoms with Crippen LogP contribution in [0.4, 0.5) is 0 Å². The van der Waals surface area contributed by atoms with Crippen LogP contribution in [0.15, 0.2) is 54.6 Å². The summed E-state index contributed by atoms with van der Waals surface area (Å²) in [5.41, 5.74) is 6.55. The summed E-state index contributed by atoms with van der Waals surface area (Å²) in [6.45, 7) is 1.77. The van der Waals surface area contributed by atoms with E-state index in [1.165, 1.54) is 0 Å². The van der Waals surface area contributed by atoms with Crippen molar-refractivity contribution in [2.24, 2.45) is 5.73 Å². The van der Waals surface area contributed by atoms with Gasteiger partial charge in [0, 0.05) is 6.42 Å². The van der Waals surface area contributed by atoms with Gasteiger partial charge in [0.2, 0.25) is 0 Å². The lowest BCUT2D eigenvalue weighted by molar-refractivity contribution is -0.148. The molecule has 2 N–H and O–H groups in total. The highest BCUT2D eigenvalue weighted by atomic mass is 16.5. The molecule has 2 atom stereocenters. The fourth-order valence-corrected chi connectivity index (χ4v) is 1.98. The molecule has 1 aliphatic rings. The van der Waals surface area contributed by atoms with Crippen molar-refractivity contribution in [1.29, 1.82) is 0 Å². The Hall–Kier alpha value is -1.87. The lowest BCUT2D eigenvalue weighted by Crippen LogP contribution is -2.48. The summed E-state index contributed by atoms with van der Waals surface area (Å²) >= 11 is 0. The number of hydrogen-bond acceptors (Lipinski definition) is 3. The standard InChI is InChI=1S/C15H17NO2/c1-2-14(17)18-13-10-6-7-11-15(13,16)12-8-4-3-5-9-12/h3-11,13H,2,16H2,1H3. The van der Waals surface area contributed by atoms with Gasteiger partial charge in [0.25, 0.3) is 0 Å². The number of benzene rings is 1. The normalized spacial score (nSPS) is 26.0. The fraction of sp³-hybridized carbons (Fsp3) is 0.267. The van der Waals surface area contributed by atoms with Crippen LogP contribution < -0.4 is 5.73 Å². The molecule has 18 heavy (non-hydrogen) atoms. The topological polar surface area (TPSA) is 52.3 Å². The number of hydrogen-bond donors (Lipinski definition) is 1. The van der Waals surface area contributed by atoms with Crippen molar-refractivity contribution in [1.82, 2.24) is 0 Å². The highest BCUT2D eigenvalue weighted by molar-refractivity contribution is 5.69. The van der Waals surface area contributed by atoms with Crippen molar-refractivity contribution in [2.45, 2.75) is 25.0 Å². The number of carbonyl (C=O) groups excluding carboxylic acids is 1. The Morgan fingerprint density at radius 3 is 2.72 bits per heavy atom. The highest BCUT2D eigenvalue weighted by Crippen LogP contribution is 2.29. The number of carbonyl (C=O) groups is 1. The van der Waals surface area contributed by atoms with E-state index in [1.54, 1.807) is 6.92 Å². The maximum Gasteiger partial charge on any atom is 0.306 e. The number of allylic oxidation sites excluding steroid dienone is 2. The predicted octanol–water partition coefficient (Wildman–Crippen LogP) is 2.29. The van der Waals surface area contributed by atoms with Crippen molar-refractivity contribution in [2.75, 3.05) is 0 Å². The molecular formula is C15H17NO2. The molecule has 0 heterocycles. The van der Waals surface area contributed by atoms with Crippen LogP contribution in [0, 0.1) is 0 Å². The predicted molar refractivity (Wildman–Crippen MR) is 70.8 cm³/mol. The van der Waals surface area contributed by atoms with E-state index in [2.05, 4.69) is 0 Å². The van der Waals surface area contributed by atoms with Crippen molar-refractivity contribution < 1.29 is 9.53 Å². The first-order valence-corrected chi connectivity index (χ1v) is 6.06. The van der Waals surface area contributed by atoms with Gasteiger partial charge in [0.1, 0.15) is 11.6 Å². The highest BCUT2D eigenvalue weighted by Gasteiger charge is 2.36. The number of rotatable bonds is 3. The minimum atomic E-state index is -0.791. The van der Waals surface area contributed by atoms with E-state index in [0.29, 0.717) is 6.42 Å². The smallest absolute Gasteiger partial charge is 0.306 e. The van der Waals surface area contributed by atoms with Crippen LogP contribution in [0.2, 0.25) is 0 Å². The van der Waals surface area contributed by atoms with Crippen LogP contribution >= 0.6 is 0 Å². The fourth-order valence-electron chi connectivity index (χ4n) is 1.98. The molecule has 1 aromatic rings. The zero-order valence-corrected chi connectivity index (χ0v) is 10.4. The van der Waals surface area contributed by atoms with Gasteiger partial charge in [-0.1, -0.05) is 55.5 Å². The third kappa shape index (κ3) is 2.36. The largest absolute Gasteiger partial charge is 0.455 e. The first-order chi connectivity index (χ1) is 8.66. The summed E-state index contributed by atoms with van der Waals surface area (Å²) in [6, 6.07) is 9.67. The molecule has 0 aromatic heterocycles. The Morgan fingerprint density at radius 1 is 1.33 bits per heavy atom. The molecule has 0 bridgehead atoms. The summed E-state index contributed by atoms with van der Waals surface area (Å²) in [5, 5.41) is 0. The van der Waals surface area contributed by atoms with E-state index in [1.807, 2.05) is 54.6 Å². The van der Waals surface area contributed by atoms with E-state index in [9.17, 15) is 4.79 Å². The second kappa shape index (κ2) is 5.19.